The standard InChI is InChI=1S/C11H17N3S/c1-3-9-8-6-12-5-4-10(8)14-11(13-9)7-15-2/h12H,3-7H2,1-2H3. The Bertz CT molecular complexity index is 335. The molecular weight excluding hydrogens is 206 g/mol. The van der Waals surface area contributed by atoms with E-state index in [4.69, 9.17) is 0 Å². The highest BCUT2D eigenvalue weighted by Gasteiger charge is 2.15. The van der Waals surface area contributed by atoms with Gasteiger partial charge in [0.1, 0.15) is 5.82 Å². The second-order valence-corrected chi connectivity index (χ2v) is 4.59. The third-order valence-electron chi connectivity index (χ3n) is 2.67. The van der Waals surface area contributed by atoms with E-state index in [0.29, 0.717) is 0 Å². The monoisotopic (exact) mass is 223 g/mol. The Hall–Kier alpha value is -0.610. The van der Waals surface area contributed by atoms with Crippen LogP contribution in [-0.2, 0) is 25.1 Å². The van der Waals surface area contributed by atoms with Crippen molar-refractivity contribution in [3.05, 3.63) is 22.8 Å². The van der Waals surface area contributed by atoms with Crippen LogP contribution in [0.25, 0.3) is 0 Å². The second kappa shape index (κ2) is 4.94. The molecule has 0 atom stereocenters. The van der Waals surface area contributed by atoms with Gasteiger partial charge in [0, 0.05) is 30.8 Å². The quantitative estimate of drug-likeness (QED) is 0.843. The van der Waals surface area contributed by atoms with Crippen molar-refractivity contribution in [2.24, 2.45) is 0 Å². The predicted octanol–water partition coefficient (Wildman–Crippen LogP) is 1.55. The summed E-state index contributed by atoms with van der Waals surface area (Å²) in [7, 11) is 0. The Morgan fingerprint density at radius 3 is 3.00 bits per heavy atom. The van der Waals surface area contributed by atoms with Crippen molar-refractivity contribution in [3.8, 4) is 0 Å². The summed E-state index contributed by atoms with van der Waals surface area (Å²) in [5.74, 6) is 1.92. The Balaban J connectivity index is 2.38. The van der Waals surface area contributed by atoms with Crippen LogP contribution < -0.4 is 5.32 Å². The first-order valence-electron chi connectivity index (χ1n) is 5.42. The van der Waals surface area contributed by atoms with Gasteiger partial charge < -0.3 is 5.32 Å². The van der Waals surface area contributed by atoms with Crippen LogP contribution in [0, 0.1) is 0 Å². The van der Waals surface area contributed by atoms with Crippen LogP contribution in [0.4, 0.5) is 0 Å². The molecule has 0 radical (unpaired) electrons. The van der Waals surface area contributed by atoms with Crippen LogP contribution in [0.1, 0.15) is 29.7 Å². The summed E-state index contributed by atoms with van der Waals surface area (Å²) in [6.07, 6.45) is 4.15. The van der Waals surface area contributed by atoms with Gasteiger partial charge in [-0.05, 0) is 12.7 Å². The Kier molecular flexibility index (Phi) is 3.59. The average molecular weight is 223 g/mol. The Labute approximate surface area is 95.1 Å². The minimum absolute atomic E-state index is 0.924. The maximum Gasteiger partial charge on any atom is 0.138 e. The van der Waals surface area contributed by atoms with E-state index in [1.165, 1.54) is 17.0 Å². The zero-order valence-corrected chi connectivity index (χ0v) is 10.2. The first-order chi connectivity index (χ1) is 7.35. The molecule has 0 unspecified atom stereocenters. The molecule has 0 saturated carbocycles. The summed E-state index contributed by atoms with van der Waals surface area (Å²) in [5.41, 5.74) is 3.84. The SMILES string of the molecule is CCc1nc(CSC)nc2c1CNCC2. The van der Waals surface area contributed by atoms with E-state index in [-0.39, 0.29) is 0 Å². The molecule has 2 rings (SSSR count). The van der Waals surface area contributed by atoms with Gasteiger partial charge in [0.05, 0.1) is 11.4 Å². The molecule has 1 aliphatic heterocycles. The van der Waals surface area contributed by atoms with Gasteiger partial charge in [-0.2, -0.15) is 11.8 Å². The van der Waals surface area contributed by atoms with Crippen LogP contribution >= 0.6 is 11.8 Å². The molecule has 1 aliphatic rings. The van der Waals surface area contributed by atoms with Crippen molar-refractivity contribution < 1.29 is 0 Å². The molecule has 0 aromatic carbocycles. The number of fused-ring (bicyclic) bond motifs is 1. The lowest BCUT2D eigenvalue weighted by Crippen LogP contribution is -2.27. The zero-order chi connectivity index (χ0) is 10.7. The fourth-order valence-corrected chi connectivity index (χ4v) is 2.34. The molecule has 2 heterocycles. The minimum Gasteiger partial charge on any atom is -0.312 e. The number of aromatic nitrogens is 2. The molecule has 3 nitrogen and oxygen atoms in total. The molecule has 0 spiro atoms. The fourth-order valence-electron chi connectivity index (χ4n) is 1.96. The normalized spacial score (nSPS) is 15.1. The topological polar surface area (TPSA) is 37.8 Å². The number of nitrogens with one attached hydrogen (secondary N) is 1. The minimum atomic E-state index is 0.924. The highest BCUT2D eigenvalue weighted by molar-refractivity contribution is 7.97. The van der Waals surface area contributed by atoms with Crippen molar-refractivity contribution in [2.45, 2.75) is 32.1 Å². The average Bonchev–Trinajstić information content (AvgIpc) is 2.28. The third kappa shape index (κ3) is 2.32. The first kappa shape index (κ1) is 10.9. The van der Waals surface area contributed by atoms with Gasteiger partial charge in [-0.15, -0.1) is 0 Å². The van der Waals surface area contributed by atoms with Gasteiger partial charge in [-0.3, -0.25) is 0 Å². The molecule has 0 saturated heterocycles. The molecule has 0 bridgehead atoms. The van der Waals surface area contributed by atoms with Gasteiger partial charge >= 0.3 is 0 Å². The van der Waals surface area contributed by atoms with Gasteiger partial charge in [0.25, 0.3) is 0 Å². The molecule has 15 heavy (non-hydrogen) atoms. The fraction of sp³-hybridized carbons (Fsp3) is 0.636. The van der Waals surface area contributed by atoms with Crippen LogP contribution in [-0.4, -0.2) is 22.8 Å². The maximum atomic E-state index is 4.64. The number of thioether (sulfide) groups is 1. The third-order valence-corrected chi connectivity index (χ3v) is 3.22. The first-order valence-corrected chi connectivity index (χ1v) is 6.81. The van der Waals surface area contributed by atoms with E-state index in [9.17, 15) is 0 Å². The lowest BCUT2D eigenvalue weighted by molar-refractivity contribution is 0.613. The molecule has 4 heteroatoms. The summed E-state index contributed by atoms with van der Waals surface area (Å²) < 4.78 is 0. The van der Waals surface area contributed by atoms with Gasteiger partial charge in [-0.25, -0.2) is 9.97 Å². The Morgan fingerprint density at radius 2 is 2.27 bits per heavy atom. The van der Waals surface area contributed by atoms with Crippen LogP contribution in [0.2, 0.25) is 0 Å². The second-order valence-electron chi connectivity index (χ2n) is 3.73. The molecule has 0 amide bonds. The van der Waals surface area contributed by atoms with Gasteiger partial charge in [0.15, 0.2) is 0 Å². The van der Waals surface area contributed by atoms with E-state index < -0.39 is 0 Å². The van der Waals surface area contributed by atoms with Gasteiger partial charge in [-0.1, -0.05) is 6.92 Å². The highest BCUT2D eigenvalue weighted by Crippen LogP contribution is 2.17. The number of hydrogen-bond donors (Lipinski definition) is 1. The van der Waals surface area contributed by atoms with E-state index in [0.717, 1.165) is 37.5 Å². The summed E-state index contributed by atoms with van der Waals surface area (Å²) in [5, 5.41) is 3.38. The molecule has 0 aliphatic carbocycles. The maximum absolute atomic E-state index is 4.64. The molecule has 82 valence electrons. The lowest BCUT2D eigenvalue weighted by atomic mass is 10.0. The summed E-state index contributed by atoms with van der Waals surface area (Å²) in [4.78, 5) is 9.26. The number of rotatable bonds is 3. The number of nitrogens with zero attached hydrogens (tertiary/aromatic N) is 2. The van der Waals surface area contributed by atoms with Crippen molar-refractivity contribution in [1.29, 1.82) is 0 Å². The predicted molar refractivity (Wildman–Crippen MR) is 64.0 cm³/mol. The number of aryl methyl sites for hydroxylation is 1. The zero-order valence-electron chi connectivity index (χ0n) is 9.34. The molecule has 1 N–H and O–H groups in total. The van der Waals surface area contributed by atoms with Crippen LogP contribution in [0.3, 0.4) is 0 Å². The van der Waals surface area contributed by atoms with Crippen LogP contribution in [0.5, 0.6) is 0 Å². The largest absolute Gasteiger partial charge is 0.312 e. The van der Waals surface area contributed by atoms with Crippen molar-refractivity contribution in [3.63, 3.8) is 0 Å². The summed E-state index contributed by atoms with van der Waals surface area (Å²) >= 11 is 1.78. The molecule has 0 fully saturated rings. The molecular formula is C11H17N3S. The van der Waals surface area contributed by atoms with E-state index in [1.807, 2.05) is 0 Å². The smallest absolute Gasteiger partial charge is 0.138 e. The van der Waals surface area contributed by atoms with Crippen molar-refractivity contribution in [1.82, 2.24) is 15.3 Å². The van der Waals surface area contributed by atoms with Crippen molar-refractivity contribution in [2.75, 3.05) is 12.8 Å². The van der Waals surface area contributed by atoms with E-state index in [1.54, 1.807) is 11.8 Å². The molecule has 1 aromatic rings. The Morgan fingerprint density at radius 1 is 1.40 bits per heavy atom. The van der Waals surface area contributed by atoms with E-state index in [2.05, 4.69) is 28.5 Å². The van der Waals surface area contributed by atoms with E-state index >= 15 is 0 Å². The number of hydrogen-bond acceptors (Lipinski definition) is 4. The molecule has 1 aromatic heterocycles. The highest BCUT2D eigenvalue weighted by atomic mass is 32.2. The summed E-state index contributed by atoms with van der Waals surface area (Å²) in [6, 6.07) is 0. The summed E-state index contributed by atoms with van der Waals surface area (Å²) in [6.45, 7) is 4.16. The van der Waals surface area contributed by atoms with Crippen LogP contribution in [0.15, 0.2) is 0 Å². The van der Waals surface area contributed by atoms with Crippen molar-refractivity contribution >= 4 is 11.8 Å². The lowest BCUT2D eigenvalue weighted by Gasteiger charge is -2.19. The van der Waals surface area contributed by atoms with Gasteiger partial charge in [0.2, 0.25) is 0 Å².